The van der Waals surface area contributed by atoms with Crippen LogP contribution in [0.3, 0.4) is 0 Å². The van der Waals surface area contributed by atoms with Gasteiger partial charge in [-0.3, -0.25) is 19.4 Å². The number of halogens is 1. The lowest BCUT2D eigenvalue weighted by atomic mass is 9.93. The number of nitrogens with zero attached hydrogens (tertiary/aromatic N) is 4. The SMILES string of the molecule is CCSCCN(CCSCC)Cc1cn(C)cn1.O=CCCCOCCNc1ccc2c3c(cccc13)C(=O)N(CCF)C2=O. The fraction of sp³-hybridized carbons (Fsp3) is 0.515. The summed E-state index contributed by atoms with van der Waals surface area (Å²) in [5, 5.41) is 4.62. The first kappa shape index (κ1) is 36.5. The van der Waals surface area contributed by atoms with Crippen molar-refractivity contribution < 1.29 is 23.5 Å². The van der Waals surface area contributed by atoms with Gasteiger partial charge in [0.05, 0.1) is 25.2 Å². The topological polar surface area (TPSA) is 96.8 Å². The number of aryl methyl sites for hydroxylation is 1. The molecule has 0 unspecified atom stereocenters. The predicted octanol–water partition coefficient (Wildman–Crippen LogP) is 5.54. The molecule has 0 spiro atoms. The van der Waals surface area contributed by atoms with E-state index in [4.69, 9.17) is 4.74 Å². The van der Waals surface area contributed by atoms with Crippen molar-refractivity contribution in [1.82, 2.24) is 19.4 Å². The summed E-state index contributed by atoms with van der Waals surface area (Å²) in [6, 6.07) is 8.71. The summed E-state index contributed by atoms with van der Waals surface area (Å²) in [5.74, 6) is 3.93. The van der Waals surface area contributed by atoms with Gasteiger partial charge in [0.15, 0.2) is 0 Å². The van der Waals surface area contributed by atoms with Gasteiger partial charge in [0.2, 0.25) is 0 Å². The second kappa shape index (κ2) is 20.2. The Bertz CT molecular complexity index is 1340. The van der Waals surface area contributed by atoms with Gasteiger partial charge in [-0.05, 0) is 36.1 Å². The molecule has 2 aromatic carbocycles. The maximum Gasteiger partial charge on any atom is 0.261 e. The molecule has 3 aromatic rings. The number of imidazole rings is 1. The fourth-order valence-corrected chi connectivity index (χ4v) is 6.29. The van der Waals surface area contributed by atoms with Gasteiger partial charge in [-0.2, -0.15) is 23.5 Å². The first-order chi connectivity index (χ1) is 21.9. The number of thioether (sulfide) groups is 2. The molecule has 1 N–H and O–H groups in total. The van der Waals surface area contributed by atoms with E-state index in [-0.39, 0.29) is 6.54 Å². The molecule has 0 fully saturated rings. The van der Waals surface area contributed by atoms with Crippen LogP contribution in [0.25, 0.3) is 10.8 Å². The minimum Gasteiger partial charge on any atom is -0.382 e. The molecule has 0 aliphatic carbocycles. The molecule has 0 atom stereocenters. The number of nitrogens with one attached hydrogen (secondary N) is 1. The molecule has 12 heteroatoms. The normalized spacial score (nSPS) is 12.5. The zero-order valence-corrected chi connectivity index (χ0v) is 28.3. The lowest BCUT2D eigenvalue weighted by Crippen LogP contribution is -2.41. The van der Waals surface area contributed by atoms with Gasteiger partial charge in [-0.15, -0.1) is 0 Å². The number of rotatable bonds is 20. The van der Waals surface area contributed by atoms with E-state index in [0.29, 0.717) is 49.1 Å². The number of hydrogen-bond acceptors (Lipinski definition) is 9. The number of alkyl halides is 1. The Kier molecular flexibility index (Phi) is 16.4. The summed E-state index contributed by atoms with van der Waals surface area (Å²) in [6.45, 7) is 8.30. The Hall–Kier alpha value is -2.93. The minimum absolute atomic E-state index is 0.241. The minimum atomic E-state index is -0.769. The van der Waals surface area contributed by atoms with E-state index in [0.717, 1.165) is 28.8 Å². The predicted molar refractivity (Wildman–Crippen MR) is 184 cm³/mol. The summed E-state index contributed by atoms with van der Waals surface area (Å²) < 4.78 is 20.2. The highest BCUT2D eigenvalue weighted by atomic mass is 32.2. The van der Waals surface area contributed by atoms with Gasteiger partial charge in [0.25, 0.3) is 11.8 Å². The summed E-state index contributed by atoms with van der Waals surface area (Å²) in [5.41, 5.74) is 2.79. The van der Waals surface area contributed by atoms with Crippen LogP contribution in [0.15, 0.2) is 42.9 Å². The van der Waals surface area contributed by atoms with Crippen molar-refractivity contribution in [3.05, 3.63) is 59.7 Å². The Morgan fingerprint density at radius 2 is 1.73 bits per heavy atom. The average Bonchev–Trinajstić information content (AvgIpc) is 3.46. The number of carbonyl (C=O) groups is 3. The molecule has 0 saturated heterocycles. The molecule has 246 valence electrons. The number of aromatic nitrogens is 2. The quantitative estimate of drug-likeness (QED) is 0.0953. The average molecular weight is 660 g/mol. The number of benzene rings is 2. The zero-order valence-electron chi connectivity index (χ0n) is 26.6. The highest BCUT2D eigenvalue weighted by Gasteiger charge is 2.32. The van der Waals surface area contributed by atoms with Crippen molar-refractivity contribution >= 4 is 58.1 Å². The highest BCUT2D eigenvalue weighted by Crippen LogP contribution is 2.34. The van der Waals surface area contributed by atoms with E-state index < -0.39 is 18.5 Å². The Balaban J connectivity index is 0.000000268. The van der Waals surface area contributed by atoms with Gasteiger partial charge < -0.3 is 19.4 Å². The first-order valence-corrected chi connectivity index (χ1v) is 17.8. The molecule has 2 heterocycles. The number of amides is 2. The number of imide groups is 1. The zero-order chi connectivity index (χ0) is 32.4. The third-order valence-corrected chi connectivity index (χ3v) is 8.89. The number of ether oxygens (including phenoxy) is 1. The van der Waals surface area contributed by atoms with Crippen LogP contribution < -0.4 is 5.32 Å². The highest BCUT2D eigenvalue weighted by molar-refractivity contribution is 7.99. The molecular weight excluding hydrogens is 614 g/mol. The molecule has 0 saturated carbocycles. The second-order valence-electron chi connectivity index (χ2n) is 10.4. The van der Waals surface area contributed by atoms with Gasteiger partial charge in [0.1, 0.15) is 13.0 Å². The second-order valence-corrected chi connectivity index (χ2v) is 13.2. The number of aldehydes is 1. The molecule has 0 radical (unpaired) electrons. The van der Waals surface area contributed by atoms with Crippen LogP contribution in [0.4, 0.5) is 10.1 Å². The van der Waals surface area contributed by atoms with E-state index >= 15 is 0 Å². The van der Waals surface area contributed by atoms with Crippen molar-refractivity contribution in [2.24, 2.45) is 7.05 Å². The van der Waals surface area contributed by atoms with Crippen LogP contribution in [0, 0.1) is 0 Å². The molecule has 1 aromatic heterocycles. The van der Waals surface area contributed by atoms with Crippen molar-refractivity contribution in [3.8, 4) is 0 Å². The molecule has 45 heavy (non-hydrogen) atoms. The van der Waals surface area contributed by atoms with Gasteiger partial charge in [-0.1, -0.05) is 26.0 Å². The summed E-state index contributed by atoms with van der Waals surface area (Å²) >= 11 is 4.03. The molecule has 9 nitrogen and oxygen atoms in total. The molecule has 1 aliphatic rings. The van der Waals surface area contributed by atoms with Crippen LogP contribution in [0.5, 0.6) is 0 Å². The third kappa shape index (κ3) is 11.1. The number of carbonyl (C=O) groups excluding carboxylic acids is 3. The maximum absolute atomic E-state index is 12.7. The maximum atomic E-state index is 12.7. The van der Waals surface area contributed by atoms with E-state index in [1.165, 1.54) is 41.8 Å². The number of unbranched alkanes of at least 4 members (excludes halogenated alkanes) is 1. The first-order valence-electron chi connectivity index (χ1n) is 15.5. The van der Waals surface area contributed by atoms with E-state index in [9.17, 15) is 18.8 Å². The third-order valence-electron chi connectivity index (χ3n) is 7.13. The van der Waals surface area contributed by atoms with Crippen molar-refractivity contribution in [1.29, 1.82) is 0 Å². The smallest absolute Gasteiger partial charge is 0.261 e. The van der Waals surface area contributed by atoms with E-state index in [2.05, 4.69) is 35.2 Å². The summed E-state index contributed by atoms with van der Waals surface area (Å²) in [4.78, 5) is 43.3. The van der Waals surface area contributed by atoms with Crippen molar-refractivity contribution in [2.45, 2.75) is 33.2 Å². The van der Waals surface area contributed by atoms with Crippen LogP contribution in [-0.4, -0.2) is 107 Å². The van der Waals surface area contributed by atoms with Crippen molar-refractivity contribution in [3.63, 3.8) is 0 Å². The monoisotopic (exact) mass is 659 g/mol. The summed E-state index contributed by atoms with van der Waals surface area (Å²) in [7, 11) is 2.03. The summed E-state index contributed by atoms with van der Waals surface area (Å²) in [6.07, 6.45) is 6.06. The largest absolute Gasteiger partial charge is 0.382 e. The van der Waals surface area contributed by atoms with Crippen LogP contribution in [0.1, 0.15) is 53.1 Å². The Labute approximate surface area is 274 Å². The molecule has 2 amide bonds. The van der Waals surface area contributed by atoms with Crippen LogP contribution >= 0.6 is 23.5 Å². The number of hydrogen-bond donors (Lipinski definition) is 1. The molecule has 1 aliphatic heterocycles. The van der Waals surface area contributed by atoms with Crippen LogP contribution in [-0.2, 0) is 23.1 Å². The van der Waals surface area contributed by atoms with E-state index in [1.807, 2.05) is 47.5 Å². The fourth-order valence-electron chi connectivity index (χ4n) is 4.94. The molecule has 0 bridgehead atoms. The van der Waals surface area contributed by atoms with E-state index in [1.54, 1.807) is 24.3 Å². The standard InChI is InChI=1S/C20H21FN2O4.C13H25N3S2/c21-8-10-23-19(25)15-5-3-4-14-17(7-6-16(18(14)15)20(23)26)22-9-13-27-12-2-1-11-24;1-4-17-8-6-16(7-9-18-5-2)11-13-10-15(3)12-14-13/h3-7,11,22H,1-2,8-10,12-13H2;10,12H,4-9,11H2,1-3H3. The van der Waals surface area contributed by atoms with Gasteiger partial charge >= 0.3 is 0 Å². The molecule has 4 rings (SSSR count). The van der Waals surface area contributed by atoms with Gasteiger partial charge in [0, 0.05) is 91.5 Å². The number of anilines is 1. The van der Waals surface area contributed by atoms with Gasteiger partial charge in [-0.25, -0.2) is 9.37 Å². The van der Waals surface area contributed by atoms with Crippen molar-refractivity contribution in [2.75, 3.05) is 74.4 Å². The lowest BCUT2D eigenvalue weighted by Gasteiger charge is -2.27. The Morgan fingerprint density at radius 1 is 1.02 bits per heavy atom. The Morgan fingerprint density at radius 3 is 2.36 bits per heavy atom. The lowest BCUT2D eigenvalue weighted by molar-refractivity contribution is -0.108. The van der Waals surface area contributed by atoms with Crippen LogP contribution in [0.2, 0.25) is 0 Å². The molecular formula is C33H46FN5O4S2.